The van der Waals surface area contributed by atoms with Gasteiger partial charge in [0.25, 0.3) is 0 Å². The number of carboxylic acid groups (broad SMARTS) is 1. The summed E-state index contributed by atoms with van der Waals surface area (Å²) in [6.07, 6.45) is 6.45. The molecule has 1 spiro atoms. The van der Waals surface area contributed by atoms with Crippen molar-refractivity contribution in [2.45, 2.75) is 51.0 Å². The molecular weight excluding hydrogens is 336 g/mol. The van der Waals surface area contributed by atoms with E-state index >= 15 is 0 Å². The zero-order valence-electron chi connectivity index (χ0n) is 14.0. The zero-order chi connectivity index (χ0) is 17.6. The van der Waals surface area contributed by atoms with E-state index in [9.17, 15) is 15.2 Å². The average molecular weight is 354 g/mol. The van der Waals surface area contributed by atoms with Crippen LogP contribution in [0.25, 0.3) is 10.6 Å². The number of hydrogen-bond donors (Lipinski definition) is 1. The lowest BCUT2D eigenvalue weighted by Gasteiger charge is -2.32. The van der Waals surface area contributed by atoms with E-state index in [-0.39, 0.29) is 10.5 Å². The first-order valence-corrected chi connectivity index (χ1v) is 9.30. The number of benzene rings is 1. The van der Waals surface area contributed by atoms with Crippen molar-refractivity contribution in [1.82, 2.24) is 4.98 Å². The fourth-order valence-electron chi connectivity index (χ4n) is 3.94. The highest BCUT2D eigenvalue weighted by Crippen LogP contribution is 2.46. The second-order valence-corrected chi connectivity index (χ2v) is 7.88. The summed E-state index contributed by atoms with van der Waals surface area (Å²) < 4.78 is 6.28. The molecular formula is C19H18N2O3S. The van der Waals surface area contributed by atoms with Crippen LogP contribution in [0.15, 0.2) is 12.1 Å². The van der Waals surface area contributed by atoms with Gasteiger partial charge in [-0.3, -0.25) is 0 Å². The van der Waals surface area contributed by atoms with Gasteiger partial charge in [0.1, 0.15) is 27.3 Å². The molecule has 4 rings (SSSR count). The Labute approximate surface area is 149 Å². The van der Waals surface area contributed by atoms with Gasteiger partial charge in [-0.15, -0.1) is 11.3 Å². The first kappa shape index (κ1) is 16.1. The lowest BCUT2D eigenvalue weighted by atomic mass is 9.82. The van der Waals surface area contributed by atoms with Gasteiger partial charge >= 0.3 is 5.97 Å². The molecule has 6 heteroatoms. The molecule has 0 atom stereocenters. The van der Waals surface area contributed by atoms with Crippen LogP contribution in [0.4, 0.5) is 0 Å². The molecule has 1 aromatic carbocycles. The van der Waals surface area contributed by atoms with Gasteiger partial charge in [-0.05, 0) is 44.7 Å². The number of thiazole rings is 1. The molecule has 25 heavy (non-hydrogen) atoms. The fraction of sp³-hybridized carbons (Fsp3) is 0.421. The summed E-state index contributed by atoms with van der Waals surface area (Å²) in [5.41, 5.74) is 2.70. The minimum Gasteiger partial charge on any atom is -0.485 e. The highest BCUT2D eigenvalue weighted by Gasteiger charge is 2.41. The van der Waals surface area contributed by atoms with Crippen molar-refractivity contribution in [2.75, 3.05) is 0 Å². The second-order valence-electron chi connectivity index (χ2n) is 6.89. The molecule has 0 amide bonds. The van der Waals surface area contributed by atoms with Crippen LogP contribution in [0.1, 0.15) is 58.6 Å². The van der Waals surface area contributed by atoms with Gasteiger partial charge in [0.2, 0.25) is 0 Å². The SMILES string of the molecule is Cc1nc(-c2cc(C#N)c3c(c2)CC2(CCCCC2)O3)sc1C(=O)O. The lowest BCUT2D eigenvalue weighted by molar-refractivity contribution is 0.0526. The number of aryl methyl sites for hydroxylation is 1. The van der Waals surface area contributed by atoms with Crippen LogP contribution in [0.5, 0.6) is 5.75 Å². The van der Waals surface area contributed by atoms with Crippen LogP contribution in [-0.4, -0.2) is 21.7 Å². The van der Waals surface area contributed by atoms with Crippen molar-refractivity contribution < 1.29 is 14.6 Å². The van der Waals surface area contributed by atoms with E-state index in [0.717, 1.165) is 54.6 Å². The normalized spacial score (nSPS) is 17.8. The Kier molecular flexibility index (Phi) is 3.77. The smallest absolute Gasteiger partial charge is 0.347 e. The van der Waals surface area contributed by atoms with Gasteiger partial charge in [-0.1, -0.05) is 6.42 Å². The van der Waals surface area contributed by atoms with Crippen molar-refractivity contribution in [2.24, 2.45) is 0 Å². The summed E-state index contributed by atoms with van der Waals surface area (Å²) in [6, 6.07) is 6.02. The van der Waals surface area contributed by atoms with Crippen LogP contribution < -0.4 is 4.74 Å². The number of nitriles is 1. The average Bonchev–Trinajstić information content (AvgIpc) is 3.15. The largest absolute Gasteiger partial charge is 0.485 e. The minimum absolute atomic E-state index is 0.157. The molecule has 1 aliphatic carbocycles. The Bertz CT molecular complexity index is 904. The Hall–Kier alpha value is -2.39. The topological polar surface area (TPSA) is 83.2 Å². The highest BCUT2D eigenvalue weighted by atomic mass is 32.1. The van der Waals surface area contributed by atoms with Gasteiger partial charge < -0.3 is 9.84 Å². The molecule has 128 valence electrons. The molecule has 0 bridgehead atoms. The van der Waals surface area contributed by atoms with Crippen LogP contribution in [0, 0.1) is 18.3 Å². The molecule has 0 saturated heterocycles. The number of aromatic carboxylic acids is 1. The number of hydrogen-bond acceptors (Lipinski definition) is 5. The molecule has 2 heterocycles. The van der Waals surface area contributed by atoms with E-state index < -0.39 is 5.97 Å². The number of carboxylic acids is 1. The molecule has 1 N–H and O–H groups in total. The molecule has 1 aromatic heterocycles. The molecule has 5 nitrogen and oxygen atoms in total. The van der Waals surface area contributed by atoms with Crippen molar-refractivity contribution >= 4 is 17.3 Å². The first-order chi connectivity index (χ1) is 12.0. The van der Waals surface area contributed by atoms with E-state index in [2.05, 4.69) is 11.1 Å². The van der Waals surface area contributed by atoms with Crippen molar-refractivity contribution in [3.8, 4) is 22.4 Å². The monoisotopic (exact) mass is 354 g/mol. The maximum Gasteiger partial charge on any atom is 0.347 e. The van der Waals surface area contributed by atoms with Crippen molar-refractivity contribution in [1.29, 1.82) is 5.26 Å². The quantitative estimate of drug-likeness (QED) is 0.868. The van der Waals surface area contributed by atoms with Crippen molar-refractivity contribution in [3.63, 3.8) is 0 Å². The van der Waals surface area contributed by atoms with Crippen LogP contribution in [-0.2, 0) is 6.42 Å². The molecule has 0 unspecified atom stereocenters. The summed E-state index contributed by atoms with van der Waals surface area (Å²) in [4.78, 5) is 15.9. The fourth-order valence-corrected chi connectivity index (χ4v) is 4.83. The minimum atomic E-state index is -0.965. The molecule has 1 saturated carbocycles. The molecule has 2 aliphatic rings. The van der Waals surface area contributed by atoms with Gasteiger partial charge in [0.05, 0.1) is 11.3 Å². The van der Waals surface area contributed by atoms with E-state index in [1.807, 2.05) is 6.07 Å². The van der Waals surface area contributed by atoms with Crippen LogP contribution >= 0.6 is 11.3 Å². The van der Waals surface area contributed by atoms with E-state index in [4.69, 9.17) is 4.74 Å². The summed E-state index contributed by atoms with van der Waals surface area (Å²) in [6.45, 7) is 1.70. The van der Waals surface area contributed by atoms with E-state index in [1.54, 1.807) is 13.0 Å². The van der Waals surface area contributed by atoms with Gasteiger partial charge in [-0.25, -0.2) is 9.78 Å². The summed E-state index contributed by atoms with van der Waals surface area (Å²) in [7, 11) is 0. The third kappa shape index (κ3) is 2.69. The second kappa shape index (κ2) is 5.85. The summed E-state index contributed by atoms with van der Waals surface area (Å²) in [5, 5.41) is 19.5. The van der Waals surface area contributed by atoms with Gasteiger partial charge in [0, 0.05) is 17.5 Å². The Balaban J connectivity index is 1.76. The number of carbonyl (C=O) groups is 1. The predicted molar refractivity (Wildman–Crippen MR) is 94.1 cm³/mol. The van der Waals surface area contributed by atoms with Crippen molar-refractivity contribution in [3.05, 3.63) is 33.8 Å². The number of nitrogens with zero attached hydrogens (tertiary/aromatic N) is 2. The van der Waals surface area contributed by atoms with Gasteiger partial charge in [-0.2, -0.15) is 5.26 Å². The third-order valence-electron chi connectivity index (χ3n) is 5.12. The Morgan fingerprint density at radius 2 is 2.12 bits per heavy atom. The number of ether oxygens (including phenoxy) is 1. The molecule has 1 fully saturated rings. The third-order valence-corrected chi connectivity index (χ3v) is 6.31. The van der Waals surface area contributed by atoms with E-state index in [1.165, 1.54) is 6.42 Å². The highest BCUT2D eigenvalue weighted by molar-refractivity contribution is 7.17. The zero-order valence-corrected chi connectivity index (χ0v) is 14.8. The standard InChI is InChI=1S/C19H18N2O3S/c1-11-16(18(22)23)25-17(21-11)12-7-13-9-19(5-3-2-4-6-19)24-15(13)14(8-12)10-20/h7-8H,2-6,9H2,1H3,(H,22,23). The lowest BCUT2D eigenvalue weighted by Crippen LogP contribution is -2.36. The maximum atomic E-state index is 11.3. The van der Waals surface area contributed by atoms with Crippen LogP contribution in [0.3, 0.4) is 0 Å². The number of rotatable bonds is 2. The van der Waals surface area contributed by atoms with Crippen LogP contribution in [0.2, 0.25) is 0 Å². The molecule has 1 aliphatic heterocycles. The Morgan fingerprint density at radius 3 is 2.76 bits per heavy atom. The molecule has 2 aromatic rings. The molecule has 0 radical (unpaired) electrons. The maximum absolute atomic E-state index is 11.3. The predicted octanol–water partition coefficient (Wildman–Crippen LogP) is 4.33. The number of aromatic nitrogens is 1. The van der Waals surface area contributed by atoms with E-state index in [0.29, 0.717) is 22.0 Å². The number of fused-ring (bicyclic) bond motifs is 1. The summed E-state index contributed by atoms with van der Waals surface area (Å²) in [5.74, 6) is -0.257. The van der Waals surface area contributed by atoms with Gasteiger partial charge in [0.15, 0.2) is 0 Å². The Morgan fingerprint density at radius 1 is 1.36 bits per heavy atom. The summed E-state index contributed by atoms with van der Waals surface area (Å²) >= 11 is 1.15. The first-order valence-electron chi connectivity index (χ1n) is 8.48.